The maximum atomic E-state index is 12.8. The first-order valence-corrected chi connectivity index (χ1v) is 9.45. The molecular formula is C19H16Cl3N3O3. The maximum absolute atomic E-state index is 12.8. The van der Waals surface area contributed by atoms with Gasteiger partial charge < -0.3 is 10.6 Å². The molecule has 1 saturated heterocycles. The number of halogens is 3. The highest BCUT2D eigenvalue weighted by Gasteiger charge is 2.49. The summed E-state index contributed by atoms with van der Waals surface area (Å²) in [4.78, 5) is 38.3. The molecule has 1 fully saturated rings. The third kappa shape index (κ3) is 4.09. The molecule has 6 nitrogen and oxygen atoms in total. The molecule has 0 radical (unpaired) electrons. The average Bonchev–Trinajstić information content (AvgIpc) is 2.85. The van der Waals surface area contributed by atoms with Gasteiger partial charge in [-0.3, -0.25) is 14.5 Å². The van der Waals surface area contributed by atoms with E-state index in [1.165, 1.54) is 0 Å². The first kappa shape index (κ1) is 20.5. The molecule has 2 N–H and O–H groups in total. The number of nitrogens with one attached hydrogen (secondary N) is 2. The molecular weight excluding hydrogens is 425 g/mol. The van der Waals surface area contributed by atoms with E-state index in [-0.39, 0.29) is 6.54 Å². The highest BCUT2D eigenvalue weighted by molar-refractivity contribution is 6.35. The van der Waals surface area contributed by atoms with E-state index in [2.05, 4.69) is 10.6 Å². The molecule has 3 rings (SSSR count). The Morgan fingerprint density at radius 2 is 1.71 bits per heavy atom. The Bertz CT molecular complexity index is 949. The summed E-state index contributed by atoms with van der Waals surface area (Å²) < 4.78 is 0. The van der Waals surface area contributed by atoms with Crippen molar-refractivity contribution in [1.82, 2.24) is 15.5 Å². The Kier molecular flexibility index (Phi) is 5.84. The van der Waals surface area contributed by atoms with Gasteiger partial charge in [0, 0.05) is 21.6 Å². The van der Waals surface area contributed by atoms with Gasteiger partial charge in [0.15, 0.2) is 0 Å². The van der Waals surface area contributed by atoms with E-state index in [0.717, 1.165) is 4.90 Å². The van der Waals surface area contributed by atoms with E-state index in [9.17, 15) is 14.4 Å². The molecule has 146 valence electrons. The number of urea groups is 1. The lowest BCUT2D eigenvalue weighted by Gasteiger charge is -2.22. The zero-order valence-electron chi connectivity index (χ0n) is 14.8. The second kappa shape index (κ2) is 7.99. The van der Waals surface area contributed by atoms with Crippen molar-refractivity contribution >= 4 is 52.6 Å². The number of nitrogens with zero attached hydrogens (tertiary/aromatic N) is 1. The lowest BCUT2D eigenvalue weighted by molar-refractivity contribution is -0.134. The SMILES string of the molecule is CC1(c2ccc(Cl)cc2)NC(=O)N(CC(=O)NCc2ccc(Cl)cc2Cl)C1=O. The topological polar surface area (TPSA) is 78.5 Å². The largest absolute Gasteiger partial charge is 0.350 e. The molecule has 0 aliphatic carbocycles. The van der Waals surface area contributed by atoms with Crippen molar-refractivity contribution < 1.29 is 14.4 Å². The monoisotopic (exact) mass is 439 g/mol. The quantitative estimate of drug-likeness (QED) is 0.695. The van der Waals surface area contributed by atoms with Crippen LogP contribution >= 0.6 is 34.8 Å². The van der Waals surface area contributed by atoms with Crippen LogP contribution in [0.15, 0.2) is 42.5 Å². The van der Waals surface area contributed by atoms with Crippen LogP contribution in [-0.4, -0.2) is 29.3 Å². The van der Waals surface area contributed by atoms with E-state index in [1.54, 1.807) is 49.4 Å². The molecule has 1 aliphatic rings. The van der Waals surface area contributed by atoms with E-state index >= 15 is 0 Å². The van der Waals surface area contributed by atoms with Gasteiger partial charge in [0.1, 0.15) is 12.1 Å². The number of imide groups is 1. The predicted octanol–water partition coefficient (Wildman–Crippen LogP) is 3.73. The first-order chi connectivity index (χ1) is 13.2. The number of benzene rings is 2. The Hall–Kier alpha value is -2.28. The fourth-order valence-electron chi connectivity index (χ4n) is 2.88. The Balaban J connectivity index is 1.66. The maximum Gasteiger partial charge on any atom is 0.325 e. The Morgan fingerprint density at radius 1 is 1.07 bits per heavy atom. The van der Waals surface area contributed by atoms with E-state index in [4.69, 9.17) is 34.8 Å². The van der Waals surface area contributed by atoms with Crippen LogP contribution in [-0.2, 0) is 21.7 Å². The van der Waals surface area contributed by atoms with Gasteiger partial charge in [-0.15, -0.1) is 0 Å². The number of carbonyl (C=O) groups is 3. The summed E-state index contributed by atoms with van der Waals surface area (Å²) in [6, 6.07) is 10.9. The zero-order valence-corrected chi connectivity index (χ0v) is 17.0. The summed E-state index contributed by atoms with van der Waals surface area (Å²) in [7, 11) is 0. The fraction of sp³-hybridized carbons (Fsp3) is 0.211. The van der Waals surface area contributed by atoms with Crippen molar-refractivity contribution in [3.05, 3.63) is 68.7 Å². The van der Waals surface area contributed by atoms with Crippen LogP contribution in [0, 0.1) is 0 Å². The van der Waals surface area contributed by atoms with Gasteiger partial charge in [0.05, 0.1) is 0 Å². The second-order valence-corrected chi connectivity index (χ2v) is 7.75. The molecule has 0 saturated carbocycles. The van der Waals surface area contributed by atoms with Gasteiger partial charge in [-0.2, -0.15) is 0 Å². The van der Waals surface area contributed by atoms with Crippen LogP contribution < -0.4 is 10.6 Å². The van der Waals surface area contributed by atoms with Crippen molar-refractivity contribution in [1.29, 1.82) is 0 Å². The lowest BCUT2D eigenvalue weighted by Crippen LogP contribution is -2.43. The molecule has 0 spiro atoms. The lowest BCUT2D eigenvalue weighted by atomic mass is 9.92. The number of hydrogen-bond acceptors (Lipinski definition) is 3. The molecule has 1 heterocycles. The second-order valence-electron chi connectivity index (χ2n) is 6.47. The first-order valence-electron chi connectivity index (χ1n) is 8.31. The van der Waals surface area contributed by atoms with Crippen molar-refractivity contribution in [2.75, 3.05) is 6.54 Å². The highest BCUT2D eigenvalue weighted by Crippen LogP contribution is 2.29. The van der Waals surface area contributed by atoms with Crippen LogP contribution in [0.3, 0.4) is 0 Å². The molecule has 28 heavy (non-hydrogen) atoms. The normalized spacial score (nSPS) is 18.9. The minimum atomic E-state index is -1.26. The third-order valence-electron chi connectivity index (χ3n) is 4.49. The van der Waals surface area contributed by atoms with Crippen LogP contribution in [0.4, 0.5) is 4.79 Å². The molecule has 0 aromatic heterocycles. The standard InChI is InChI=1S/C19H16Cl3N3O3/c1-19(12-3-6-13(20)7-4-12)17(27)25(18(28)24-19)10-16(26)23-9-11-2-5-14(21)8-15(11)22/h2-8H,9-10H2,1H3,(H,23,26)(H,24,28). The number of carbonyl (C=O) groups excluding carboxylic acids is 3. The summed E-state index contributed by atoms with van der Waals surface area (Å²) in [6.07, 6.45) is 0. The summed E-state index contributed by atoms with van der Waals surface area (Å²) in [6.45, 7) is 1.33. The van der Waals surface area contributed by atoms with Gasteiger partial charge in [-0.25, -0.2) is 4.79 Å². The van der Waals surface area contributed by atoms with Crippen LogP contribution in [0.1, 0.15) is 18.1 Å². The van der Waals surface area contributed by atoms with Crippen molar-refractivity contribution in [3.8, 4) is 0 Å². The van der Waals surface area contributed by atoms with Crippen molar-refractivity contribution in [2.24, 2.45) is 0 Å². The average molecular weight is 441 g/mol. The van der Waals surface area contributed by atoms with Gasteiger partial charge in [0.2, 0.25) is 5.91 Å². The summed E-state index contributed by atoms with van der Waals surface area (Å²) in [5, 5.41) is 6.70. The Labute approximate surface area is 176 Å². The summed E-state index contributed by atoms with van der Waals surface area (Å²) in [5.41, 5.74) is -0.0183. The molecule has 1 atom stereocenters. The molecule has 4 amide bonds. The van der Waals surface area contributed by atoms with Crippen LogP contribution in [0.25, 0.3) is 0 Å². The number of hydrogen-bond donors (Lipinski definition) is 2. The third-order valence-corrected chi connectivity index (χ3v) is 5.33. The van der Waals surface area contributed by atoms with Crippen LogP contribution in [0.5, 0.6) is 0 Å². The van der Waals surface area contributed by atoms with E-state index in [0.29, 0.717) is 26.2 Å². The van der Waals surface area contributed by atoms with Gasteiger partial charge in [-0.1, -0.05) is 53.0 Å². The molecule has 1 unspecified atom stereocenters. The molecule has 1 aliphatic heterocycles. The van der Waals surface area contributed by atoms with E-state index < -0.39 is 29.9 Å². The summed E-state index contributed by atoms with van der Waals surface area (Å²) >= 11 is 17.8. The zero-order chi connectivity index (χ0) is 20.5. The molecule has 0 bridgehead atoms. The fourth-order valence-corrected chi connectivity index (χ4v) is 3.48. The minimum absolute atomic E-state index is 0.146. The van der Waals surface area contributed by atoms with Gasteiger partial charge >= 0.3 is 6.03 Å². The predicted molar refractivity (Wildman–Crippen MR) is 107 cm³/mol. The van der Waals surface area contributed by atoms with E-state index in [1.807, 2.05) is 0 Å². The smallest absolute Gasteiger partial charge is 0.325 e. The van der Waals surface area contributed by atoms with Gasteiger partial charge in [0.25, 0.3) is 5.91 Å². The summed E-state index contributed by atoms with van der Waals surface area (Å²) in [5.74, 6) is -1.01. The van der Waals surface area contributed by atoms with Crippen molar-refractivity contribution in [2.45, 2.75) is 19.0 Å². The molecule has 2 aromatic carbocycles. The van der Waals surface area contributed by atoms with Crippen molar-refractivity contribution in [3.63, 3.8) is 0 Å². The molecule has 2 aromatic rings. The highest BCUT2D eigenvalue weighted by atomic mass is 35.5. The minimum Gasteiger partial charge on any atom is -0.350 e. The number of amides is 4. The van der Waals surface area contributed by atoms with Crippen LogP contribution in [0.2, 0.25) is 15.1 Å². The Morgan fingerprint density at radius 3 is 2.36 bits per heavy atom. The number of rotatable bonds is 5. The van der Waals surface area contributed by atoms with Gasteiger partial charge in [-0.05, 0) is 42.3 Å². The molecule has 9 heteroatoms.